The molecule has 8 heteroatoms. The third-order valence-corrected chi connectivity index (χ3v) is 1.83. The van der Waals surface area contributed by atoms with Gasteiger partial charge >= 0.3 is 5.97 Å². The third kappa shape index (κ3) is 6.46. The van der Waals surface area contributed by atoms with E-state index in [2.05, 4.69) is 9.88 Å². The highest BCUT2D eigenvalue weighted by molar-refractivity contribution is 7.87. The van der Waals surface area contributed by atoms with Crippen LogP contribution in [0.2, 0.25) is 0 Å². The van der Waals surface area contributed by atoms with Gasteiger partial charge in [-0.3, -0.25) is 4.79 Å². The Morgan fingerprint density at radius 2 is 2.23 bits per heavy atom. The van der Waals surface area contributed by atoms with Crippen molar-refractivity contribution in [2.24, 2.45) is 5.14 Å². The molecule has 0 aliphatic rings. The summed E-state index contributed by atoms with van der Waals surface area (Å²) in [6.45, 7) is 0.138. The van der Waals surface area contributed by atoms with Crippen LogP contribution in [0.25, 0.3) is 0 Å². The average molecular weight is 212 g/mol. The summed E-state index contributed by atoms with van der Waals surface area (Å²) >= 11 is 0. The molecule has 7 nitrogen and oxygen atoms in total. The predicted octanol–water partition coefficient (Wildman–Crippen LogP) is -1.73. The predicted molar refractivity (Wildman–Crippen MR) is 44.2 cm³/mol. The minimum absolute atomic E-state index is 0.0300. The van der Waals surface area contributed by atoms with Crippen molar-refractivity contribution in [3.8, 4) is 0 Å². The summed E-state index contributed by atoms with van der Waals surface area (Å²) < 4.78 is 27.3. The van der Waals surface area contributed by atoms with Gasteiger partial charge in [0.1, 0.15) is 6.04 Å². The van der Waals surface area contributed by atoms with Crippen molar-refractivity contribution >= 4 is 16.2 Å². The average Bonchev–Trinajstić information content (AvgIpc) is 1.95. The van der Waals surface area contributed by atoms with Crippen LogP contribution in [0, 0.1) is 0 Å². The Morgan fingerprint density at radius 3 is 2.54 bits per heavy atom. The minimum atomic E-state index is -3.99. The van der Waals surface area contributed by atoms with Crippen molar-refractivity contribution in [1.82, 2.24) is 4.72 Å². The second-order valence-corrected chi connectivity index (χ2v) is 3.66. The van der Waals surface area contributed by atoms with Gasteiger partial charge in [0.15, 0.2) is 0 Å². The highest BCUT2D eigenvalue weighted by Crippen LogP contribution is 1.93. The SMILES string of the molecule is COCCC(NS(N)(=O)=O)C(=O)O. The van der Waals surface area contributed by atoms with Gasteiger partial charge in [-0.05, 0) is 6.42 Å². The second-order valence-electron chi connectivity index (χ2n) is 2.34. The lowest BCUT2D eigenvalue weighted by Crippen LogP contribution is -2.44. The molecular formula is C5H12N2O5S. The number of ether oxygens (including phenoxy) is 1. The molecule has 0 rings (SSSR count). The number of methoxy groups -OCH3 is 1. The fraction of sp³-hybridized carbons (Fsp3) is 0.800. The Hall–Kier alpha value is -0.700. The van der Waals surface area contributed by atoms with E-state index in [-0.39, 0.29) is 13.0 Å². The molecule has 0 aliphatic carbocycles. The van der Waals surface area contributed by atoms with E-state index in [1.54, 1.807) is 4.72 Å². The Kier molecular flexibility index (Phi) is 4.85. The maximum atomic E-state index is 10.5. The fourth-order valence-corrected chi connectivity index (χ4v) is 1.28. The minimum Gasteiger partial charge on any atom is -0.480 e. The van der Waals surface area contributed by atoms with Gasteiger partial charge in [-0.25, -0.2) is 5.14 Å². The Bertz CT molecular complexity index is 262. The van der Waals surface area contributed by atoms with Crippen LogP contribution in [0.15, 0.2) is 0 Å². The summed E-state index contributed by atoms with van der Waals surface area (Å²) in [5, 5.41) is 13.1. The number of rotatable bonds is 6. The Balaban J connectivity index is 4.19. The van der Waals surface area contributed by atoms with Gasteiger partial charge in [-0.1, -0.05) is 0 Å². The summed E-state index contributed by atoms with van der Waals surface area (Å²) in [6, 6.07) is -1.24. The molecule has 0 saturated heterocycles. The first kappa shape index (κ1) is 12.3. The summed E-state index contributed by atoms with van der Waals surface area (Å²) in [7, 11) is -2.60. The lowest BCUT2D eigenvalue weighted by molar-refractivity contribution is -0.139. The monoisotopic (exact) mass is 212 g/mol. The topological polar surface area (TPSA) is 119 Å². The first-order valence-corrected chi connectivity index (χ1v) is 4.93. The molecule has 0 fully saturated rings. The fourth-order valence-electron chi connectivity index (χ4n) is 0.667. The maximum Gasteiger partial charge on any atom is 0.321 e. The molecule has 0 amide bonds. The highest BCUT2D eigenvalue weighted by Gasteiger charge is 2.20. The Labute approximate surface area is 76.1 Å². The molecule has 0 aromatic carbocycles. The zero-order chi connectivity index (χ0) is 10.5. The van der Waals surface area contributed by atoms with E-state index in [4.69, 9.17) is 5.11 Å². The molecule has 0 saturated carbocycles. The van der Waals surface area contributed by atoms with Crippen molar-refractivity contribution in [2.45, 2.75) is 12.5 Å². The maximum absolute atomic E-state index is 10.5. The van der Waals surface area contributed by atoms with Crippen LogP contribution in [0.3, 0.4) is 0 Å². The van der Waals surface area contributed by atoms with Crippen LogP contribution in [-0.4, -0.2) is 39.3 Å². The third-order valence-electron chi connectivity index (χ3n) is 1.22. The van der Waals surface area contributed by atoms with Crippen molar-refractivity contribution in [2.75, 3.05) is 13.7 Å². The largest absolute Gasteiger partial charge is 0.480 e. The number of hydrogen-bond acceptors (Lipinski definition) is 4. The first-order chi connectivity index (χ1) is 5.87. The van der Waals surface area contributed by atoms with Gasteiger partial charge < -0.3 is 9.84 Å². The molecule has 0 spiro atoms. The van der Waals surface area contributed by atoms with Crippen molar-refractivity contribution in [1.29, 1.82) is 0 Å². The van der Waals surface area contributed by atoms with Gasteiger partial charge in [0.25, 0.3) is 10.2 Å². The van der Waals surface area contributed by atoms with Gasteiger partial charge in [-0.15, -0.1) is 0 Å². The zero-order valence-corrected chi connectivity index (χ0v) is 7.87. The number of nitrogens with two attached hydrogens (primary N) is 1. The molecule has 13 heavy (non-hydrogen) atoms. The highest BCUT2D eigenvalue weighted by atomic mass is 32.2. The number of nitrogens with one attached hydrogen (secondary N) is 1. The molecule has 0 aromatic heterocycles. The molecule has 78 valence electrons. The smallest absolute Gasteiger partial charge is 0.321 e. The molecule has 0 heterocycles. The van der Waals surface area contributed by atoms with E-state index in [0.29, 0.717) is 0 Å². The molecule has 0 aromatic rings. The number of hydrogen-bond donors (Lipinski definition) is 3. The number of aliphatic carboxylic acids is 1. The van der Waals surface area contributed by atoms with E-state index in [1.165, 1.54) is 7.11 Å². The zero-order valence-electron chi connectivity index (χ0n) is 7.06. The molecule has 0 radical (unpaired) electrons. The number of carboxylic acid groups (broad SMARTS) is 1. The lowest BCUT2D eigenvalue weighted by atomic mass is 10.2. The van der Waals surface area contributed by atoms with E-state index in [9.17, 15) is 13.2 Å². The molecule has 1 unspecified atom stereocenters. The van der Waals surface area contributed by atoms with E-state index in [1.807, 2.05) is 0 Å². The first-order valence-electron chi connectivity index (χ1n) is 3.38. The van der Waals surface area contributed by atoms with Gasteiger partial charge in [0, 0.05) is 13.7 Å². The van der Waals surface area contributed by atoms with Crippen LogP contribution >= 0.6 is 0 Å². The standard InChI is InChI=1S/C5H12N2O5S/c1-12-3-2-4(5(8)9)7-13(6,10)11/h4,7H,2-3H2,1H3,(H,8,9)(H2,6,10,11). The molecule has 4 N–H and O–H groups in total. The number of carbonyl (C=O) groups is 1. The second kappa shape index (κ2) is 5.12. The van der Waals surface area contributed by atoms with Crippen LogP contribution in [0.4, 0.5) is 0 Å². The summed E-state index contributed by atoms with van der Waals surface area (Å²) in [6.07, 6.45) is 0.0300. The van der Waals surface area contributed by atoms with E-state index >= 15 is 0 Å². The quantitative estimate of drug-likeness (QED) is 0.483. The summed E-state index contributed by atoms with van der Waals surface area (Å²) in [4.78, 5) is 10.4. The summed E-state index contributed by atoms with van der Waals surface area (Å²) in [5.41, 5.74) is 0. The van der Waals surface area contributed by atoms with Crippen LogP contribution < -0.4 is 9.86 Å². The van der Waals surface area contributed by atoms with Crippen LogP contribution in [0.1, 0.15) is 6.42 Å². The van der Waals surface area contributed by atoms with Crippen LogP contribution in [-0.2, 0) is 19.7 Å². The summed E-state index contributed by atoms with van der Waals surface area (Å²) in [5.74, 6) is -1.29. The molecule has 1 atom stereocenters. The van der Waals surface area contributed by atoms with Crippen molar-refractivity contribution in [3.05, 3.63) is 0 Å². The van der Waals surface area contributed by atoms with Gasteiger partial charge in [0.2, 0.25) is 0 Å². The van der Waals surface area contributed by atoms with E-state index in [0.717, 1.165) is 0 Å². The van der Waals surface area contributed by atoms with Crippen molar-refractivity contribution < 1.29 is 23.1 Å². The van der Waals surface area contributed by atoms with Gasteiger partial charge in [0.05, 0.1) is 0 Å². The Morgan fingerprint density at radius 1 is 1.69 bits per heavy atom. The normalized spacial score (nSPS) is 14.0. The number of carboxylic acids is 1. The van der Waals surface area contributed by atoms with E-state index < -0.39 is 22.2 Å². The lowest BCUT2D eigenvalue weighted by Gasteiger charge is -2.11. The van der Waals surface area contributed by atoms with Crippen molar-refractivity contribution in [3.63, 3.8) is 0 Å². The molecular weight excluding hydrogens is 200 g/mol. The molecule has 0 aliphatic heterocycles. The van der Waals surface area contributed by atoms with Crippen LogP contribution in [0.5, 0.6) is 0 Å². The molecule has 0 bridgehead atoms. The van der Waals surface area contributed by atoms with Gasteiger partial charge in [-0.2, -0.15) is 13.1 Å².